The molecule has 0 radical (unpaired) electrons. The van der Waals surface area contributed by atoms with Crippen molar-refractivity contribution < 1.29 is 4.79 Å². The molecule has 0 aliphatic heterocycles. The van der Waals surface area contributed by atoms with Crippen LogP contribution in [0.2, 0.25) is 0 Å². The van der Waals surface area contributed by atoms with Gasteiger partial charge in [0.2, 0.25) is 0 Å². The molecule has 0 aromatic carbocycles. The summed E-state index contributed by atoms with van der Waals surface area (Å²) < 4.78 is 0. The number of rotatable bonds is 5. The molecule has 0 bridgehead atoms. The molecule has 1 amide bonds. The van der Waals surface area contributed by atoms with E-state index in [0.717, 1.165) is 18.9 Å². The van der Waals surface area contributed by atoms with E-state index in [1.165, 1.54) is 0 Å². The molecule has 0 saturated heterocycles. The predicted octanol–water partition coefficient (Wildman–Crippen LogP) is 1.46. The monoisotopic (exact) mass is 236 g/mol. The van der Waals surface area contributed by atoms with Gasteiger partial charge in [-0.25, -0.2) is 0 Å². The minimum absolute atomic E-state index is 0.103. The fraction of sp³-hybridized carbons (Fsp3) is 0.583. The molecule has 0 unspecified atom stereocenters. The van der Waals surface area contributed by atoms with Crippen LogP contribution >= 0.6 is 0 Å². The first-order chi connectivity index (χ1) is 8.08. The molecule has 1 aromatic heterocycles. The smallest absolute Gasteiger partial charge is 0.271 e. The van der Waals surface area contributed by atoms with Crippen molar-refractivity contribution in [1.29, 1.82) is 0 Å². The van der Waals surface area contributed by atoms with Gasteiger partial charge in [0.05, 0.1) is 0 Å². The lowest BCUT2D eigenvalue weighted by Crippen LogP contribution is -2.31. The average Bonchev–Trinajstić information content (AvgIpc) is 2.30. The van der Waals surface area contributed by atoms with Crippen LogP contribution in [0, 0.1) is 0 Å². The number of aromatic nitrogens is 2. The zero-order valence-corrected chi connectivity index (χ0v) is 10.9. The molecule has 1 heterocycles. The molecule has 0 fully saturated rings. The van der Waals surface area contributed by atoms with Crippen molar-refractivity contribution >= 4 is 11.7 Å². The fourth-order valence-electron chi connectivity index (χ4n) is 1.50. The van der Waals surface area contributed by atoms with Gasteiger partial charge in [-0.05, 0) is 39.8 Å². The van der Waals surface area contributed by atoms with Crippen molar-refractivity contribution in [3.8, 4) is 0 Å². The Labute approximate surface area is 102 Å². The Morgan fingerprint density at radius 2 is 1.94 bits per heavy atom. The first-order valence-electron chi connectivity index (χ1n) is 5.98. The molecular weight excluding hydrogens is 216 g/mol. The topological polar surface area (TPSA) is 58.1 Å². The first-order valence-corrected chi connectivity index (χ1v) is 5.98. The number of nitrogens with zero attached hydrogens (tertiary/aromatic N) is 3. The normalized spacial score (nSPS) is 10.4. The summed E-state index contributed by atoms with van der Waals surface area (Å²) in [6.45, 7) is 9.70. The molecular formula is C12H20N4O. The number of nitrogens with one attached hydrogen (secondary N) is 1. The van der Waals surface area contributed by atoms with Crippen LogP contribution in [0.15, 0.2) is 12.1 Å². The third-order valence-corrected chi connectivity index (χ3v) is 2.39. The molecule has 0 spiro atoms. The third kappa shape index (κ3) is 3.69. The number of carbonyl (C=O) groups is 1. The predicted molar refractivity (Wildman–Crippen MR) is 68.2 cm³/mol. The van der Waals surface area contributed by atoms with Crippen LogP contribution in [0.3, 0.4) is 0 Å². The van der Waals surface area contributed by atoms with Crippen LogP contribution in [0.5, 0.6) is 0 Å². The lowest BCUT2D eigenvalue weighted by Gasteiger charge is -2.18. The molecule has 0 atom stereocenters. The Balaban J connectivity index is 2.77. The largest absolute Gasteiger partial charge is 0.356 e. The van der Waals surface area contributed by atoms with Gasteiger partial charge in [0.25, 0.3) is 5.91 Å². The van der Waals surface area contributed by atoms with Crippen LogP contribution in [0.4, 0.5) is 5.82 Å². The molecule has 0 saturated carbocycles. The van der Waals surface area contributed by atoms with Gasteiger partial charge in [0.15, 0.2) is 11.5 Å². The highest BCUT2D eigenvalue weighted by molar-refractivity contribution is 5.92. The Morgan fingerprint density at radius 1 is 1.29 bits per heavy atom. The van der Waals surface area contributed by atoms with Gasteiger partial charge in [0.1, 0.15) is 0 Å². The zero-order valence-electron chi connectivity index (χ0n) is 10.9. The molecule has 1 rings (SSSR count). The van der Waals surface area contributed by atoms with Crippen LogP contribution < -0.4 is 10.2 Å². The Hall–Kier alpha value is -1.65. The first kappa shape index (κ1) is 13.4. The van der Waals surface area contributed by atoms with Crippen LogP contribution in [0.25, 0.3) is 0 Å². The van der Waals surface area contributed by atoms with E-state index in [4.69, 9.17) is 0 Å². The van der Waals surface area contributed by atoms with Crippen LogP contribution in [-0.4, -0.2) is 35.2 Å². The maximum absolute atomic E-state index is 11.6. The highest BCUT2D eigenvalue weighted by Crippen LogP contribution is 2.08. The average molecular weight is 236 g/mol. The SMILES string of the molecule is CCN(CC)c1ccc(C(=O)NC(C)C)nn1. The van der Waals surface area contributed by atoms with Crippen LogP contribution in [-0.2, 0) is 0 Å². The van der Waals surface area contributed by atoms with E-state index in [-0.39, 0.29) is 11.9 Å². The molecule has 1 N–H and O–H groups in total. The van der Waals surface area contributed by atoms with Gasteiger partial charge in [-0.15, -0.1) is 10.2 Å². The second-order valence-electron chi connectivity index (χ2n) is 4.08. The lowest BCUT2D eigenvalue weighted by atomic mass is 10.3. The van der Waals surface area contributed by atoms with Gasteiger partial charge in [0, 0.05) is 19.1 Å². The lowest BCUT2D eigenvalue weighted by molar-refractivity contribution is 0.0937. The summed E-state index contributed by atoms with van der Waals surface area (Å²) in [7, 11) is 0. The quantitative estimate of drug-likeness (QED) is 0.841. The van der Waals surface area contributed by atoms with E-state index in [1.807, 2.05) is 19.9 Å². The molecule has 5 heteroatoms. The van der Waals surface area contributed by atoms with E-state index in [9.17, 15) is 4.79 Å². The molecule has 0 aliphatic rings. The van der Waals surface area contributed by atoms with E-state index in [0.29, 0.717) is 5.69 Å². The number of anilines is 1. The van der Waals surface area contributed by atoms with Crippen molar-refractivity contribution in [2.75, 3.05) is 18.0 Å². The van der Waals surface area contributed by atoms with E-state index in [1.54, 1.807) is 6.07 Å². The van der Waals surface area contributed by atoms with Gasteiger partial charge in [-0.1, -0.05) is 0 Å². The molecule has 1 aromatic rings. The van der Waals surface area contributed by atoms with E-state index < -0.39 is 0 Å². The Morgan fingerprint density at radius 3 is 2.35 bits per heavy atom. The summed E-state index contributed by atoms with van der Waals surface area (Å²) >= 11 is 0. The van der Waals surface area contributed by atoms with E-state index in [2.05, 4.69) is 34.3 Å². The van der Waals surface area contributed by atoms with Crippen molar-refractivity contribution in [2.24, 2.45) is 0 Å². The zero-order chi connectivity index (χ0) is 12.8. The minimum Gasteiger partial charge on any atom is -0.356 e. The van der Waals surface area contributed by atoms with E-state index >= 15 is 0 Å². The van der Waals surface area contributed by atoms with Gasteiger partial charge < -0.3 is 10.2 Å². The Kier molecular flexibility index (Phi) is 4.87. The molecule has 0 aliphatic carbocycles. The third-order valence-electron chi connectivity index (χ3n) is 2.39. The summed E-state index contributed by atoms with van der Waals surface area (Å²) in [5, 5.41) is 10.8. The minimum atomic E-state index is -0.182. The summed E-state index contributed by atoms with van der Waals surface area (Å²) in [5.74, 6) is 0.620. The molecule has 17 heavy (non-hydrogen) atoms. The maximum Gasteiger partial charge on any atom is 0.271 e. The number of hydrogen-bond acceptors (Lipinski definition) is 4. The second kappa shape index (κ2) is 6.18. The maximum atomic E-state index is 11.6. The number of hydrogen-bond donors (Lipinski definition) is 1. The van der Waals surface area contributed by atoms with Crippen molar-refractivity contribution in [3.63, 3.8) is 0 Å². The van der Waals surface area contributed by atoms with Gasteiger partial charge in [-0.2, -0.15) is 0 Å². The fourth-order valence-corrected chi connectivity index (χ4v) is 1.50. The molecule has 5 nitrogen and oxygen atoms in total. The summed E-state index contributed by atoms with van der Waals surface area (Å²) in [6.07, 6.45) is 0. The summed E-state index contributed by atoms with van der Waals surface area (Å²) in [5.41, 5.74) is 0.356. The van der Waals surface area contributed by atoms with Gasteiger partial charge >= 0.3 is 0 Å². The summed E-state index contributed by atoms with van der Waals surface area (Å²) in [4.78, 5) is 13.7. The molecule has 94 valence electrons. The highest BCUT2D eigenvalue weighted by Gasteiger charge is 2.10. The van der Waals surface area contributed by atoms with Crippen molar-refractivity contribution in [2.45, 2.75) is 33.7 Å². The van der Waals surface area contributed by atoms with Crippen molar-refractivity contribution in [3.05, 3.63) is 17.8 Å². The Bertz CT molecular complexity index is 357. The second-order valence-corrected chi connectivity index (χ2v) is 4.08. The number of carbonyl (C=O) groups excluding carboxylic acids is 1. The van der Waals surface area contributed by atoms with Crippen molar-refractivity contribution in [1.82, 2.24) is 15.5 Å². The number of amides is 1. The highest BCUT2D eigenvalue weighted by atomic mass is 16.1. The van der Waals surface area contributed by atoms with Gasteiger partial charge in [-0.3, -0.25) is 4.79 Å². The standard InChI is InChI=1S/C12H20N4O/c1-5-16(6-2)11-8-7-10(14-15-11)12(17)13-9(3)4/h7-9H,5-6H2,1-4H3,(H,13,17). The van der Waals surface area contributed by atoms with Crippen LogP contribution in [0.1, 0.15) is 38.2 Å². The summed E-state index contributed by atoms with van der Waals surface area (Å²) in [6, 6.07) is 3.64.